The number of carbonyl (C=O) groups is 1. The summed E-state index contributed by atoms with van der Waals surface area (Å²) in [6.07, 6.45) is 6.67. The molecule has 1 unspecified atom stereocenters. The Hall–Kier alpha value is -0.610. The molecule has 2 rings (SSSR count). The van der Waals surface area contributed by atoms with Gasteiger partial charge in [0.25, 0.3) is 0 Å². The molecule has 2 aliphatic rings. The van der Waals surface area contributed by atoms with Gasteiger partial charge < -0.3 is 15.2 Å². The smallest absolute Gasteiger partial charge is 0.226 e. The molecule has 2 N–H and O–H groups in total. The van der Waals surface area contributed by atoms with Crippen LogP contribution in [0.5, 0.6) is 0 Å². The minimum Gasteiger partial charge on any atom is -0.389 e. The third kappa shape index (κ3) is 4.45. The quantitative estimate of drug-likeness (QED) is 0.717. The van der Waals surface area contributed by atoms with E-state index in [1.54, 1.807) is 0 Å². The molecule has 0 aromatic carbocycles. The number of aliphatic hydroxyl groups is 1. The Balaban J connectivity index is 1.64. The van der Waals surface area contributed by atoms with Crippen LogP contribution in [-0.4, -0.2) is 36.9 Å². The van der Waals surface area contributed by atoms with Gasteiger partial charge in [-0.05, 0) is 37.5 Å². The van der Waals surface area contributed by atoms with Crippen molar-refractivity contribution in [3.8, 4) is 0 Å². The second-order valence-corrected chi connectivity index (χ2v) is 7.05. The fourth-order valence-electron chi connectivity index (χ4n) is 2.99. The summed E-state index contributed by atoms with van der Waals surface area (Å²) in [7, 11) is 0. The molecule has 2 fully saturated rings. The van der Waals surface area contributed by atoms with Crippen molar-refractivity contribution in [2.45, 2.75) is 58.5 Å². The molecule has 0 heterocycles. The van der Waals surface area contributed by atoms with Crippen molar-refractivity contribution >= 4 is 5.91 Å². The summed E-state index contributed by atoms with van der Waals surface area (Å²) in [4.78, 5) is 12.3. The van der Waals surface area contributed by atoms with Gasteiger partial charge in [0.15, 0.2) is 0 Å². The first-order chi connectivity index (χ1) is 9.50. The highest BCUT2D eigenvalue weighted by molar-refractivity contribution is 5.82. The lowest BCUT2D eigenvalue weighted by molar-refractivity contribution is -0.132. The van der Waals surface area contributed by atoms with Gasteiger partial charge in [0.2, 0.25) is 5.91 Å². The molecule has 0 aromatic heterocycles. The Morgan fingerprint density at radius 1 is 1.30 bits per heavy atom. The highest BCUT2D eigenvalue weighted by Crippen LogP contribution is 2.39. The van der Waals surface area contributed by atoms with E-state index in [2.05, 4.69) is 5.32 Å². The van der Waals surface area contributed by atoms with E-state index in [-0.39, 0.29) is 11.3 Å². The molecular weight excluding hydrogens is 254 g/mol. The highest BCUT2D eigenvalue weighted by atomic mass is 16.5. The highest BCUT2D eigenvalue weighted by Gasteiger charge is 2.38. The van der Waals surface area contributed by atoms with E-state index in [0.717, 1.165) is 19.4 Å². The summed E-state index contributed by atoms with van der Waals surface area (Å²) >= 11 is 0. The predicted molar refractivity (Wildman–Crippen MR) is 78.3 cm³/mol. The number of amides is 1. The van der Waals surface area contributed by atoms with Gasteiger partial charge in [-0.1, -0.05) is 26.7 Å². The molecule has 1 atom stereocenters. The molecule has 116 valence electrons. The molecule has 2 aliphatic carbocycles. The molecule has 0 radical (unpaired) electrons. The Kier molecular flexibility index (Phi) is 5.44. The average molecular weight is 283 g/mol. The van der Waals surface area contributed by atoms with E-state index < -0.39 is 6.10 Å². The minimum atomic E-state index is -0.600. The number of carbonyl (C=O) groups excluding carboxylic acids is 1. The van der Waals surface area contributed by atoms with E-state index in [0.29, 0.717) is 25.0 Å². The van der Waals surface area contributed by atoms with Gasteiger partial charge in [0.1, 0.15) is 0 Å². The monoisotopic (exact) mass is 283 g/mol. The van der Waals surface area contributed by atoms with Crippen LogP contribution in [0.3, 0.4) is 0 Å². The summed E-state index contributed by atoms with van der Waals surface area (Å²) in [6, 6.07) is 0. The first-order valence-electron chi connectivity index (χ1n) is 8.04. The fraction of sp³-hybridized carbons (Fsp3) is 0.938. The standard InChI is InChI=1S/C16H29NO3/c1-16(2,13-5-3-4-6-13)15(19)17-9-14(18)11-20-10-12-7-8-12/h12-14,18H,3-11H2,1-2H3,(H,17,19). The van der Waals surface area contributed by atoms with Crippen molar-refractivity contribution in [2.75, 3.05) is 19.8 Å². The number of aliphatic hydroxyl groups excluding tert-OH is 1. The van der Waals surface area contributed by atoms with E-state index in [1.165, 1.54) is 25.7 Å². The van der Waals surface area contributed by atoms with Crippen LogP contribution >= 0.6 is 0 Å². The topological polar surface area (TPSA) is 58.6 Å². The maximum Gasteiger partial charge on any atom is 0.226 e. The lowest BCUT2D eigenvalue weighted by Crippen LogP contribution is -2.44. The maximum absolute atomic E-state index is 12.3. The Morgan fingerprint density at radius 2 is 1.95 bits per heavy atom. The molecule has 0 spiro atoms. The molecule has 0 aromatic rings. The minimum absolute atomic E-state index is 0.0608. The van der Waals surface area contributed by atoms with Gasteiger partial charge in [-0.25, -0.2) is 0 Å². The number of ether oxygens (including phenoxy) is 1. The van der Waals surface area contributed by atoms with E-state index in [4.69, 9.17) is 4.74 Å². The van der Waals surface area contributed by atoms with Crippen LogP contribution in [-0.2, 0) is 9.53 Å². The molecular formula is C16H29NO3. The van der Waals surface area contributed by atoms with Crippen molar-refractivity contribution in [1.82, 2.24) is 5.32 Å². The molecule has 1 amide bonds. The Labute approximate surface area is 122 Å². The lowest BCUT2D eigenvalue weighted by atomic mass is 9.77. The molecule has 4 heteroatoms. The Bertz CT molecular complexity index is 320. The van der Waals surface area contributed by atoms with Gasteiger partial charge in [-0.2, -0.15) is 0 Å². The lowest BCUT2D eigenvalue weighted by Gasteiger charge is -2.30. The van der Waals surface area contributed by atoms with Crippen molar-refractivity contribution in [2.24, 2.45) is 17.3 Å². The number of rotatable bonds is 8. The molecule has 20 heavy (non-hydrogen) atoms. The number of nitrogens with one attached hydrogen (secondary N) is 1. The van der Waals surface area contributed by atoms with Crippen molar-refractivity contribution < 1.29 is 14.6 Å². The van der Waals surface area contributed by atoms with E-state index in [1.807, 2.05) is 13.8 Å². The summed E-state index contributed by atoms with van der Waals surface area (Å²) in [5.74, 6) is 1.24. The number of hydrogen-bond donors (Lipinski definition) is 2. The maximum atomic E-state index is 12.3. The fourth-order valence-corrected chi connectivity index (χ4v) is 2.99. The third-order valence-electron chi connectivity index (χ3n) is 4.82. The van der Waals surface area contributed by atoms with Gasteiger partial charge in [0, 0.05) is 18.6 Å². The van der Waals surface area contributed by atoms with Crippen LogP contribution in [0.1, 0.15) is 52.4 Å². The van der Waals surface area contributed by atoms with E-state index >= 15 is 0 Å². The van der Waals surface area contributed by atoms with Gasteiger partial charge >= 0.3 is 0 Å². The molecule has 0 aliphatic heterocycles. The summed E-state index contributed by atoms with van der Waals surface area (Å²) in [5.41, 5.74) is -0.328. The Morgan fingerprint density at radius 3 is 2.55 bits per heavy atom. The predicted octanol–water partition coefficient (Wildman–Crippen LogP) is 2.11. The zero-order chi connectivity index (χ0) is 14.6. The van der Waals surface area contributed by atoms with Gasteiger partial charge in [-0.3, -0.25) is 4.79 Å². The van der Waals surface area contributed by atoms with Crippen LogP contribution in [0, 0.1) is 17.3 Å². The second-order valence-electron chi connectivity index (χ2n) is 7.05. The second kappa shape index (κ2) is 6.90. The largest absolute Gasteiger partial charge is 0.389 e. The van der Waals surface area contributed by atoms with Gasteiger partial charge in [0.05, 0.1) is 12.7 Å². The van der Waals surface area contributed by atoms with Crippen molar-refractivity contribution in [1.29, 1.82) is 0 Å². The van der Waals surface area contributed by atoms with Crippen molar-refractivity contribution in [3.05, 3.63) is 0 Å². The SMILES string of the molecule is CC(C)(C(=O)NCC(O)COCC1CC1)C1CCCC1. The first-order valence-corrected chi connectivity index (χ1v) is 8.04. The molecule has 4 nitrogen and oxygen atoms in total. The van der Waals surface area contributed by atoms with Crippen LogP contribution in [0.2, 0.25) is 0 Å². The van der Waals surface area contributed by atoms with Crippen LogP contribution in [0.4, 0.5) is 0 Å². The first kappa shape index (κ1) is 15.8. The molecule has 0 saturated heterocycles. The van der Waals surface area contributed by atoms with Crippen molar-refractivity contribution in [3.63, 3.8) is 0 Å². The van der Waals surface area contributed by atoms with Crippen LogP contribution in [0.25, 0.3) is 0 Å². The zero-order valence-electron chi connectivity index (χ0n) is 12.9. The van der Waals surface area contributed by atoms with Crippen LogP contribution in [0.15, 0.2) is 0 Å². The zero-order valence-corrected chi connectivity index (χ0v) is 12.9. The van der Waals surface area contributed by atoms with E-state index in [9.17, 15) is 9.90 Å². The van der Waals surface area contributed by atoms with Gasteiger partial charge in [-0.15, -0.1) is 0 Å². The third-order valence-corrected chi connectivity index (χ3v) is 4.82. The normalized spacial score (nSPS) is 21.9. The summed E-state index contributed by atoms with van der Waals surface area (Å²) < 4.78 is 5.44. The van der Waals surface area contributed by atoms with Crippen LogP contribution < -0.4 is 5.32 Å². The number of hydrogen-bond acceptors (Lipinski definition) is 3. The summed E-state index contributed by atoms with van der Waals surface area (Å²) in [6.45, 7) is 5.40. The summed E-state index contributed by atoms with van der Waals surface area (Å²) in [5, 5.41) is 12.7. The average Bonchev–Trinajstić information content (AvgIpc) is 3.06. The molecule has 2 saturated carbocycles. The molecule has 0 bridgehead atoms.